The molecule has 6 nitrogen and oxygen atoms in total. The maximum Gasteiger partial charge on any atom is 0.255 e. The van der Waals surface area contributed by atoms with Gasteiger partial charge in [0.25, 0.3) is 5.91 Å². The van der Waals surface area contributed by atoms with Gasteiger partial charge in [-0.25, -0.2) is 0 Å². The van der Waals surface area contributed by atoms with Crippen LogP contribution in [0.4, 0.5) is 0 Å². The van der Waals surface area contributed by atoms with E-state index in [-0.39, 0.29) is 11.3 Å². The van der Waals surface area contributed by atoms with Crippen LogP contribution in [0.5, 0.6) is 0 Å². The van der Waals surface area contributed by atoms with Crippen LogP contribution >= 0.6 is 0 Å². The van der Waals surface area contributed by atoms with Gasteiger partial charge in [0.15, 0.2) is 0 Å². The number of likely N-dealkylation sites (tertiary alicyclic amines) is 2. The van der Waals surface area contributed by atoms with Gasteiger partial charge < -0.3 is 9.42 Å². The minimum absolute atomic E-state index is 0.101. The zero-order valence-electron chi connectivity index (χ0n) is 14.2. The number of hydrogen-bond donors (Lipinski definition) is 0. The predicted octanol–water partition coefficient (Wildman–Crippen LogP) is 2.03. The van der Waals surface area contributed by atoms with Crippen LogP contribution in [0.25, 0.3) is 0 Å². The van der Waals surface area contributed by atoms with Crippen LogP contribution in [0.2, 0.25) is 0 Å². The molecule has 0 radical (unpaired) electrons. The molecule has 4 heterocycles. The summed E-state index contributed by atoms with van der Waals surface area (Å²) in [6, 6.07) is 3.65. The minimum atomic E-state index is 0.101. The highest BCUT2D eigenvalue weighted by molar-refractivity contribution is 5.94. The molecule has 2 aliphatic rings. The van der Waals surface area contributed by atoms with Crippen molar-refractivity contribution in [3.63, 3.8) is 0 Å². The average Bonchev–Trinajstić information content (AvgIpc) is 3.14. The highest BCUT2D eigenvalue weighted by atomic mass is 16.5. The van der Waals surface area contributed by atoms with Crippen LogP contribution in [0, 0.1) is 19.3 Å². The molecule has 2 fully saturated rings. The number of aryl methyl sites for hydroxylation is 2. The second kappa shape index (κ2) is 5.70. The number of hydrogen-bond acceptors (Lipinski definition) is 5. The molecule has 1 spiro atoms. The monoisotopic (exact) mass is 326 g/mol. The van der Waals surface area contributed by atoms with Crippen LogP contribution in [-0.2, 0) is 6.54 Å². The molecule has 0 aliphatic carbocycles. The average molecular weight is 326 g/mol. The van der Waals surface area contributed by atoms with E-state index < -0.39 is 0 Å². The molecule has 0 unspecified atom stereocenters. The van der Waals surface area contributed by atoms with Crippen molar-refractivity contribution in [2.45, 2.75) is 26.8 Å². The highest BCUT2D eigenvalue weighted by Gasteiger charge is 2.48. The van der Waals surface area contributed by atoms with Gasteiger partial charge in [-0.15, -0.1) is 0 Å². The molecule has 126 valence electrons. The smallest absolute Gasteiger partial charge is 0.255 e. The first-order chi connectivity index (χ1) is 11.6. The molecule has 4 rings (SSSR count). The van der Waals surface area contributed by atoms with Gasteiger partial charge in [0.05, 0.1) is 11.3 Å². The maximum absolute atomic E-state index is 12.6. The fourth-order valence-corrected chi connectivity index (χ4v) is 4.00. The van der Waals surface area contributed by atoms with E-state index in [2.05, 4.69) is 15.0 Å². The van der Waals surface area contributed by atoms with Gasteiger partial charge in [0.2, 0.25) is 0 Å². The van der Waals surface area contributed by atoms with Crippen LogP contribution < -0.4 is 0 Å². The van der Waals surface area contributed by atoms with Gasteiger partial charge in [-0.3, -0.25) is 14.7 Å². The lowest BCUT2D eigenvalue weighted by atomic mass is 9.79. The Morgan fingerprint density at radius 1 is 1.33 bits per heavy atom. The molecule has 2 saturated heterocycles. The second-order valence-electron chi connectivity index (χ2n) is 7.17. The Labute approximate surface area is 141 Å². The van der Waals surface area contributed by atoms with Crippen molar-refractivity contribution >= 4 is 5.91 Å². The Morgan fingerprint density at radius 2 is 2.17 bits per heavy atom. The number of amides is 1. The van der Waals surface area contributed by atoms with Crippen molar-refractivity contribution in [3.8, 4) is 0 Å². The van der Waals surface area contributed by atoms with E-state index in [1.165, 1.54) is 5.56 Å². The van der Waals surface area contributed by atoms with Crippen molar-refractivity contribution in [1.82, 2.24) is 19.9 Å². The Hall–Kier alpha value is -2.21. The highest BCUT2D eigenvalue weighted by Crippen LogP contribution is 2.40. The van der Waals surface area contributed by atoms with Crippen molar-refractivity contribution in [2.75, 3.05) is 26.2 Å². The summed E-state index contributed by atoms with van der Waals surface area (Å²) in [5.74, 6) is 1.01. The van der Waals surface area contributed by atoms with Crippen LogP contribution in [0.1, 0.15) is 33.8 Å². The van der Waals surface area contributed by atoms with Gasteiger partial charge >= 0.3 is 0 Å². The summed E-state index contributed by atoms with van der Waals surface area (Å²) in [6.45, 7) is 8.60. The molecule has 0 aromatic carbocycles. The molecule has 0 N–H and O–H groups in total. The summed E-state index contributed by atoms with van der Waals surface area (Å²) >= 11 is 0. The molecule has 6 heteroatoms. The second-order valence-corrected chi connectivity index (χ2v) is 7.17. The topological polar surface area (TPSA) is 62.5 Å². The molecule has 0 atom stereocenters. The lowest BCUT2D eigenvalue weighted by molar-refractivity contribution is 0.00223. The molecular formula is C18H22N4O2. The third-order valence-electron chi connectivity index (χ3n) is 5.31. The van der Waals surface area contributed by atoms with Crippen LogP contribution in [0.3, 0.4) is 0 Å². The largest absolute Gasteiger partial charge is 0.361 e. The lowest BCUT2D eigenvalue weighted by Gasteiger charge is -2.48. The standard InChI is InChI=1S/C18H22N4O2/c1-13-16(14(2)24-20-13)9-21-10-18(11-21)5-7-22(12-18)17(23)15-4-3-6-19-8-15/h3-4,6,8H,5,7,9-12H2,1-2H3. The first-order valence-electron chi connectivity index (χ1n) is 8.40. The molecule has 0 saturated carbocycles. The number of carbonyl (C=O) groups excluding carboxylic acids is 1. The number of carbonyl (C=O) groups is 1. The lowest BCUT2D eigenvalue weighted by Crippen LogP contribution is -2.57. The third-order valence-corrected chi connectivity index (χ3v) is 5.31. The van der Waals surface area contributed by atoms with Crippen LogP contribution in [-0.4, -0.2) is 52.0 Å². The number of aromatic nitrogens is 2. The summed E-state index contributed by atoms with van der Waals surface area (Å²) in [6.07, 6.45) is 4.43. The van der Waals surface area contributed by atoms with E-state index in [0.29, 0.717) is 5.56 Å². The fourth-order valence-electron chi connectivity index (χ4n) is 4.00. The first kappa shape index (κ1) is 15.3. The van der Waals surface area contributed by atoms with Gasteiger partial charge in [-0.1, -0.05) is 5.16 Å². The number of pyridine rings is 1. The normalized spacial score (nSPS) is 19.7. The molecule has 24 heavy (non-hydrogen) atoms. The SMILES string of the molecule is Cc1noc(C)c1CN1CC2(CCN(C(=O)c3cccnc3)C2)C1. The maximum atomic E-state index is 12.6. The molecule has 2 aliphatic heterocycles. The third kappa shape index (κ3) is 2.60. The molecular weight excluding hydrogens is 304 g/mol. The first-order valence-corrected chi connectivity index (χ1v) is 8.40. The molecule has 1 amide bonds. The Balaban J connectivity index is 1.36. The van der Waals surface area contributed by atoms with E-state index in [0.717, 1.165) is 50.6 Å². The number of rotatable bonds is 3. The quantitative estimate of drug-likeness (QED) is 0.864. The zero-order valence-corrected chi connectivity index (χ0v) is 14.2. The predicted molar refractivity (Wildman–Crippen MR) is 88.4 cm³/mol. The van der Waals surface area contributed by atoms with E-state index in [9.17, 15) is 4.79 Å². The Kier molecular flexibility index (Phi) is 3.64. The summed E-state index contributed by atoms with van der Waals surface area (Å²) in [5, 5.41) is 4.02. The van der Waals surface area contributed by atoms with Gasteiger partial charge in [-0.2, -0.15) is 0 Å². The van der Waals surface area contributed by atoms with Crippen molar-refractivity contribution in [2.24, 2.45) is 5.41 Å². The van der Waals surface area contributed by atoms with Crippen LogP contribution in [0.15, 0.2) is 29.0 Å². The van der Waals surface area contributed by atoms with Gasteiger partial charge in [-0.05, 0) is 32.4 Å². The Morgan fingerprint density at radius 3 is 2.83 bits per heavy atom. The van der Waals surface area contributed by atoms with E-state index in [1.54, 1.807) is 12.4 Å². The summed E-state index contributed by atoms with van der Waals surface area (Å²) < 4.78 is 5.24. The van der Waals surface area contributed by atoms with E-state index in [4.69, 9.17) is 4.52 Å². The van der Waals surface area contributed by atoms with E-state index in [1.807, 2.05) is 30.9 Å². The minimum Gasteiger partial charge on any atom is -0.361 e. The Bertz CT molecular complexity index is 730. The number of nitrogens with zero attached hydrogens (tertiary/aromatic N) is 4. The fraction of sp³-hybridized carbons (Fsp3) is 0.500. The zero-order chi connectivity index (χ0) is 16.7. The van der Waals surface area contributed by atoms with Crippen molar-refractivity contribution in [3.05, 3.63) is 47.1 Å². The van der Waals surface area contributed by atoms with Crippen molar-refractivity contribution < 1.29 is 9.32 Å². The molecule has 0 bridgehead atoms. The van der Waals surface area contributed by atoms with Crippen molar-refractivity contribution in [1.29, 1.82) is 0 Å². The molecule has 2 aromatic heterocycles. The molecule has 2 aromatic rings. The van der Waals surface area contributed by atoms with Gasteiger partial charge in [0, 0.05) is 56.1 Å². The van der Waals surface area contributed by atoms with Gasteiger partial charge in [0.1, 0.15) is 5.76 Å². The summed E-state index contributed by atoms with van der Waals surface area (Å²) in [5.41, 5.74) is 3.12. The summed E-state index contributed by atoms with van der Waals surface area (Å²) in [7, 11) is 0. The van der Waals surface area contributed by atoms with E-state index >= 15 is 0 Å². The summed E-state index contributed by atoms with van der Waals surface area (Å²) in [4.78, 5) is 21.0.